The van der Waals surface area contributed by atoms with Gasteiger partial charge in [0.2, 0.25) is 0 Å². The van der Waals surface area contributed by atoms with Crippen LogP contribution in [0.25, 0.3) is 0 Å². The number of amides is 1. The minimum atomic E-state index is -4.70. The van der Waals surface area contributed by atoms with Gasteiger partial charge in [0.15, 0.2) is 0 Å². The number of nitrogens with one attached hydrogen (secondary N) is 1. The summed E-state index contributed by atoms with van der Waals surface area (Å²) in [5.41, 5.74) is -2.34. The van der Waals surface area contributed by atoms with Crippen LogP contribution in [0.3, 0.4) is 0 Å². The highest BCUT2D eigenvalue weighted by molar-refractivity contribution is 5.86. The lowest BCUT2D eigenvalue weighted by molar-refractivity contribution is -0.143. The van der Waals surface area contributed by atoms with Crippen molar-refractivity contribution in [2.45, 2.75) is 52.1 Å². The molecule has 9 heteroatoms. The molecule has 23 heavy (non-hydrogen) atoms. The zero-order valence-corrected chi connectivity index (χ0v) is 13.2. The molecule has 0 fully saturated rings. The van der Waals surface area contributed by atoms with Crippen molar-refractivity contribution >= 4 is 12.1 Å². The van der Waals surface area contributed by atoms with Gasteiger partial charge in [-0.25, -0.2) is 9.59 Å². The van der Waals surface area contributed by atoms with Crippen molar-refractivity contribution in [3.63, 3.8) is 0 Å². The van der Waals surface area contributed by atoms with Crippen LogP contribution in [-0.4, -0.2) is 33.4 Å². The van der Waals surface area contributed by atoms with Gasteiger partial charge < -0.3 is 19.7 Å². The molecule has 1 rings (SSSR count). The first kappa shape index (κ1) is 18.9. The number of carbonyl (C=O) groups is 2. The fourth-order valence-corrected chi connectivity index (χ4v) is 1.93. The molecule has 0 spiro atoms. The fourth-order valence-electron chi connectivity index (χ4n) is 1.93. The predicted octanol–water partition coefficient (Wildman–Crippen LogP) is 3.12. The van der Waals surface area contributed by atoms with Crippen molar-refractivity contribution in [3.05, 3.63) is 23.5 Å². The molecule has 0 saturated heterocycles. The van der Waals surface area contributed by atoms with E-state index in [0.29, 0.717) is 10.6 Å². The maximum absolute atomic E-state index is 12.9. The molecule has 0 unspecified atom stereocenters. The van der Waals surface area contributed by atoms with Crippen molar-refractivity contribution < 1.29 is 32.6 Å². The van der Waals surface area contributed by atoms with E-state index in [4.69, 9.17) is 9.84 Å². The van der Waals surface area contributed by atoms with Gasteiger partial charge in [0.1, 0.15) is 17.0 Å². The van der Waals surface area contributed by atoms with E-state index in [1.54, 1.807) is 20.8 Å². The molecule has 0 saturated carbocycles. The average Bonchev–Trinajstić information content (AvgIpc) is 2.68. The smallest absolute Gasteiger partial charge is 0.431 e. The van der Waals surface area contributed by atoms with Crippen LogP contribution in [0, 0.1) is 0 Å². The lowest BCUT2D eigenvalue weighted by Crippen LogP contribution is -2.40. The highest BCUT2D eigenvalue weighted by Gasteiger charge is 2.36. The van der Waals surface area contributed by atoms with Crippen molar-refractivity contribution in [2.24, 2.45) is 0 Å². The Balaban J connectivity index is 2.93. The van der Waals surface area contributed by atoms with Gasteiger partial charge in [-0.15, -0.1) is 0 Å². The molecule has 0 radical (unpaired) electrons. The molecule has 1 aromatic rings. The normalized spacial score (nSPS) is 13.5. The van der Waals surface area contributed by atoms with E-state index in [0.717, 1.165) is 6.07 Å². The predicted molar refractivity (Wildman–Crippen MR) is 75.2 cm³/mol. The SMILES string of the molecule is C[C@H](Cn1c(C(=O)O)ccc1C(F)(F)F)NC(=O)OC(C)(C)C. The zero-order chi connectivity index (χ0) is 18.0. The number of ether oxygens (including phenoxy) is 1. The number of halogens is 3. The molecular formula is C14H19F3N2O4. The summed E-state index contributed by atoms with van der Waals surface area (Å²) in [4.78, 5) is 22.7. The van der Waals surface area contributed by atoms with Gasteiger partial charge in [0, 0.05) is 12.6 Å². The van der Waals surface area contributed by atoms with Crippen LogP contribution < -0.4 is 5.32 Å². The summed E-state index contributed by atoms with van der Waals surface area (Å²) >= 11 is 0. The first-order valence-corrected chi connectivity index (χ1v) is 6.81. The first-order chi connectivity index (χ1) is 10.3. The molecule has 0 bridgehead atoms. The molecule has 1 aromatic heterocycles. The summed E-state index contributed by atoms with van der Waals surface area (Å²) in [6.07, 6.45) is -5.48. The molecule has 1 amide bonds. The number of aromatic carboxylic acids is 1. The van der Waals surface area contributed by atoms with E-state index in [-0.39, 0.29) is 6.54 Å². The maximum Gasteiger partial charge on any atom is 0.431 e. The maximum atomic E-state index is 12.9. The van der Waals surface area contributed by atoms with Crippen molar-refractivity contribution in [1.82, 2.24) is 9.88 Å². The molecule has 1 atom stereocenters. The lowest BCUT2D eigenvalue weighted by atomic mass is 10.2. The number of rotatable bonds is 4. The van der Waals surface area contributed by atoms with Gasteiger partial charge in [-0.2, -0.15) is 13.2 Å². The van der Waals surface area contributed by atoms with Crippen LogP contribution >= 0.6 is 0 Å². The number of nitrogens with zero attached hydrogens (tertiary/aromatic N) is 1. The molecule has 2 N–H and O–H groups in total. The Morgan fingerprint density at radius 3 is 2.30 bits per heavy atom. The molecular weight excluding hydrogens is 317 g/mol. The van der Waals surface area contributed by atoms with Crippen LogP contribution in [0.1, 0.15) is 43.9 Å². The second-order valence-corrected chi connectivity index (χ2v) is 6.06. The third kappa shape index (κ3) is 5.50. The standard InChI is InChI=1S/C14H19F3N2O4/c1-8(18-12(22)23-13(2,3)4)7-19-9(11(20)21)5-6-10(19)14(15,16)17/h5-6,8H,7H2,1-4H3,(H,18,22)(H,20,21)/t8-/m1/s1. The second kappa shape index (κ2) is 6.51. The molecule has 0 aliphatic carbocycles. The number of carbonyl (C=O) groups excluding carboxylic acids is 1. The van der Waals surface area contributed by atoms with E-state index < -0.39 is 41.3 Å². The summed E-state index contributed by atoms with van der Waals surface area (Å²) in [6, 6.07) is 0.811. The topological polar surface area (TPSA) is 80.6 Å². The summed E-state index contributed by atoms with van der Waals surface area (Å²) in [5.74, 6) is -1.48. The van der Waals surface area contributed by atoms with Crippen LogP contribution in [0.2, 0.25) is 0 Å². The van der Waals surface area contributed by atoms with Crippen LogP contribution in [-0.2, 0) is 17.5 Å². The Hall–Kier alpha value is -2.19. The molecule has 0 aliphatic heterocycles. The average molecular weight is 336 g/mol. The van der Waals surface area contributed by atoms with Crippen molar-refractivity contribution in [3.8, 4) is 0 Å². The number of hydrogen-bond acceptors (Lipinski definition) is 3. The quantitative estimate of drug-likeness (QED) is 0.885. The number of carboxylic acid groups (broad SMARTS) is 1. The van der Waals surface area contributed by atoms with Crippen molar-refractivity contribution in [2.75, 3.05) is 0 Å². The van der Waals surface area contributed by atoms with Crippen LogP contribution in [0.4, 0.5) is 18.0 Å². The van der Waals surface area contributed by atoms with E-state index in [1.165, 1.54) is 6.92 Å². The monoisotopic (exact) mass is 336 g/mol. The Morgan fingerprint density at radius 1 is 1.30 bits per heavy atom. The van der Waals surface area contributed by atoms with Crippen LogP contribution in [0.5, 0.6) is 0 Å². The summed E-state index contributed by atoms with van der Waals surface area (Å²) in [7, 11) is 0. The Morgan fingerprint density at radius 2 is 1.87 bits per heavy atom. The van der Waals surface area contributed by atoms with E-state index in [9.17, 15) is 22.8 Å². The lowest BCUT2D eigenvalue weighted by Gasteiger charge is -2.23. The first-order valence-electron chi connectivity index (χ1n) is 6.81. The third-order valence-corrected chi connectivity index (χ3v) is 2.71. The van der Waals surface area contributed by atoms with Gasteiger partial charge in [-0.1, -0.05) is 0 Å². The number of alkyl carbamates (subject to hydrolysis) is 1. The van der Waals surface area contributed by atoms with Crippen molar-refractivity contribution in [1.29, 1.82) is 0 Å². The van der Waals surface area contributed by atoms with Crippen LogP contribution in [0.15, 0.2) is 12.1 Å². The van der Waals surface area contributed by atoms with Gasteiger partial charge in [-0.05, 0) is 39.8 Å². The second-order valence-electron chi connectivity index (χ2n) is 6.06. The Labute approximate surface area is 131 Å². The molecule has 0 aromatic carbocycles. The molecule has 6 nitrogen and oxygen atoms in total. The van der Waals surface area contributed by atoms with E-state index in [2.05, 4.69) is 5.32 Å². The number of carboxylic acids is 1. The summed E-state index contributed by atoms with van der Waals surface area (Å²) < 4.78 is 44.4. The zero-order valence-electron chi connectivity index (χ0n) is 13.2. The largest absolute Gasteiger partial charge is 0.477 e. The summed E-state index contributed by atoms with van der Waals surface area (Å²) in [6.45, 7) is 6.03. The minimum absolute atomic E-state index is 0.358. The van der Waals surface area contributed by atoms with Gasteiger partial charge in [-0.3, -0.25) is 0 Å². The number of hydrogen-bond donors (Lipinski definition) is 2. The Kier molecular flexibility index (Phi) is 5.34. The minimum Gasteiger partial charge on any atom is -0.477 e. The Bertz CT molecular complexity index is 588. The molecule has 130 valence electrons. The number of aromatic nitrogens is 1. The van der Waals surface area contributed by atoms with Gasteiger partial charge in [0.25, 0.3) is 0 Å². The summed E-state index contributed by atoms with van der Waals surface area (Å²) in [5, 5.41) is 11.4. The van der Waals surface area contributed by atoms with Gasteiger partial charge in [0.05, 0.1) is 0 Å². The van der Waals surface area contributed by atoms with E-state index >= 15 is 0 Å². The third-order valence-electron chi connectivity index (χ3n) is 2.71. The molecule has 0 aliphatic rings. The van der Waals surface area contributed by atoms with Gasteiger partial charge >= 0.3 is 18.2 Å². The highest BCUT2D eigenvalue weighted by Crippen LogP contribution is 2.31. The molecule has 1 heterocycles. The highest BCUT2D eigenvalue weighted by atomic mass is 19.4. The fraction of sp³-hybridized carbons (Fsp3) is 0.571. The van der Waals surface area contributed by atoms with E-state index in [1.807, 2.05) is 0 Å². The number of alkyl halides is 3.